The summed E-state index contributed by atoms with van der Waals surface area (Å²) in [6.07, 6.45) is 3.55. The topological polar surface area (TPSA) is 90.6 Å². The van der Waals surface area contributed by atoms with Crippen LogP contribution in [-0.4, -0.2) is 58.8 Å². The lowest BCUT2D eigenvalue weighted by Crippen LogP contribution is -2.40. The molecule has 1 aliphatic heterocycles. The summed E-state index contributed by atoms with van der Waals surface area (Å²) in [7, 11) is 1.64. The molecule has 1 aliphatic rings. The molecule has 1 saturated heterocycles. The highest BCUT2D eigenvalue weighted by atomic mass is 32.1. The third kappa shape index (κ3) is 5.41. The van der Waals surface area contributed by atoms with Gasteiger partial charge >= 0.3 is 0 Å². The van der Waals surface area contributed by atoms with Crippen LogP contribution in [0, 0.1) is 0 Å². The van der Waals surface area contributed by atoms with Gasteiger partial charge in [0.15, 0.2) is 5.82 Å². The molecule has 8 nitrogen and oxygen atoms in total. The third-order valence-electron chi connectivity index (χ3n) is 5.17. The number of hydrogen-bond acceptors (Lipinski definition) is 8. The number of para-hydroxylation sites is 1. The Labute approximate surface area is 179 Å². The molecule has 0 unspecified atom stereocenters. The van der Waals surface area contributed by atoms with Crippen LogP contribution < -0.4 is 0 Å². The van der Waals surface area contributed by atoms with Gasteiger partial charge in [-0.2, -0.15) is 4.98 Å². The fourth-order valence-electron chi connectivity index (χ4n) is 3.50. The number of likely N-dealkylation sites (tertiary alicyclic amines) is 1. The van der Waals surface area contributed by atoms with E-state index in [1.165, 1.54) is 4.70 Å². The Bertz CT molecular complexity index is 932. The summed E-state index contributed by atoms with van der Waals surface area (Å²) in [4.78, 5) is 23.4. The number of thiazole rings is 1. The zero-order valence-corrected chi connectivity index (χ0v) is 17.9. The standard InChI is InChI=1S/C21H26N4O4S/c1-27-13-10-18-23-19(29-24-18)14-28-15-8-11-25(12-9-15)21(26)7-6-20-22-16-4-2-3-5-17(16)30-20/h2-5,15H,6-14H2,1H3. The fourth-order valence-corrected chi connectivity index (χ4v) is 4.47. The largest absolute Gasteiger partial charge is 0.384 e. The van der Waals surface area contributed by atoms with Crippen molar-refractivity contribution < 1.29 is 18.8 Å². The normalized spacial score (nSPS) is 15.2. The summed E-state index contributed by atoms with van der Waals surface area (Å²) in [5, 5.41) is 4.93. The number of ether oxygens (including phenoxy) is 2. The molecule has 0 spiro atoms. The second kappa shape index (κ2) is 10.1. The van der Waals surface area contributed by atoms with Crippen molar-refractivity contribution in [3.05, 3.63) is 41.0 Å². The average Bonchev–Trinajstić information content (AvgIpc) is 3.41. The summed E-state index contributed by atoms with van der Waals surface area (Å²) in [6.45, 7) is 2.29. The second-order valence-electron chi connectivity index (χ2n) is 7.31. The Morgan fingerprint density at radius 3 is 2.87 bits per heavy atom. The maximum absolute atomic E-state index is 12.6. The van der Waals surface area contributed by atoms with Gasteiger partial charge in [-0.15, -0.1) is 11.3 Å². The molecule has 0 N–H and O–H groups in total. The van der Waals surface area contributed by atoms with Crippen molar-refractivity contribution in [2.45, 2.75) is 44.8 Å². The van der Waals surface area contributed by atoms with Crippen molar-refractivity contribution in [2.75, 3.05) is 26.8 Å². The lowest BCUT2D eigenvalue weighted by Gasteiger charge is -2.31. The summed E-state index contributed by atoms with van der Waals surface area (Å²) in [5.41, 5.74) is 1.01. The van der Waals surface area contributed by atoms with Gasteiger partial charge in [0, 0.05) is 39.5 Å². The summed E-state index contributed by atoms with van der Waals surface area (Å²) < 4.78 is 17.3. The van der Waals surface area contributed by atoms with Gasteiger partial charge in [0.1, 0.15) is 6.61 Å². The molecule has 2 aromatic heterocycles. The molecule has 0 saturated carbocycles. The number of carbonyl (C=O) groups excluding carboxylic acids is 1. The number of aryl methyl sites for hydroxylation is 1. The number of benzene rings is 1. The third-order valence-corrected chi connectivity index (χ3v) is 6.26. The molecule has 0 atom stereocenters. The molecule has 1 fully saturated rings. The molecule has 9 heteroatoms. The molecule has 4 rings (SSSR count). The molecule has 1 amide bonds. The smallest absolute Gasteiger partial charge is 0.252 e. The highest BCUT2D eigenvalue weighted by molar-refractivity contribution is 7.18. The van der Waals surface area contributed by atoms with Crippen molar-refractivity contribution in [1.29, 1.82) is 0 Å². The van der Waals surface area contributed by atoms with Gasteiger partial charge in [0.2, 0.25) is 5.91 Å². The summed E-state index contributed by atoms with van der Waals surface area (Å²) in [5.74, 6) is 1.30. The quantitative estimate of drug-likeness (QED) is 0.515. The van der Waals surface area contributed by atoms with Crippen LogP contribution in [0.25, 0.3) is 10.2 Å². The Kier molecular flexibility index (Phi) is 7.03. The monoisotopic (exact) mass is 430 g/mol. The predicted molar refractivity (Wildman–Crippen MR) is 112 cm³/mol. The van der Waals surface area contributed by atoms with Crippen molar-refractivity contribution in [1.82, 2.24) is 20.0 Å². The van der Waals surface area contributed by atoms with E-state index in [9.17, 15) is 4.79 Å². The molecular formula is C21H26N4O4S. The summed E-state index contributed by atoms with van der Waals surface area (Å²) >= 11 is 1.67. The van der Waals surface area contributed by atoms with E-state index < -0.39 is 0 Å². The van der Waals surface area contributed by atoms with Crippen LogP contribution in [0.3, 0.4) is 0 Å². The molecule has 0 aliphatic carbocycles. The Hall–Kier alpha value is -2.36. The van der Waals surface area contributed by atoms with Gasteiger partial charge in [-0.3, -0.25) is 4.79 Å². The first-order chi connectivity index (χ1) is 14.7. The number of methoxy groups -OCH3 is 1. The van der Waals surface area contributed by atoms with Gasteiger partial charge < -0.3 is 18.9 Å². The molecule has 3 aromatic rings. The molecular weight excluding hydrogens is 404 g/mol. The van der Waals surface area contributed by atoms with Gasteiger partial charge in [-0.25, -0.2) is 4.98 Å². The number of hydrogen-bond donors (Lipinski definition) is 0. The number of rotatable bonds is 9. The first-order valence-corrected chi connectivity index (χ1v) is 11.1. The van der Waals surface area contributed by atoms with Crippen LogP contribution in [-0.2, 0) is 33.7 Å². The number of nitrogens with zero attached hydrogens (tertiary/aromatic N) is 4. The minimum absolute atomic E-state index is 0.104. The lowest BCUT2D eigenvalue weighted by atomic mass is 10.1. The van der Waals surface area contributed by atoms with E-state index in [-0.39, 0.29) is 12.0 Å². The van der Waals surface area contributed by atoms with E-state index in [0.717, 1.165) is 23.4 Å². The first-order valence-electron chi connectivity index (χ1n) is 10.3. The Morgan fingerprint density at radius 1 is 1.23 bits per heavy atom. The van der Waals surface area contributed by atoms with E-state index in [2.05, 4.69) is 21.2 Å². The number of carbonyl (C=O) groups is 1. The van der Waals surface area contributed by atoms with Crippen LogP contribution in [0.5, 0.6) is 0 Å². The zero-order valence-electron chi connectivity index (χ0n) is 17.1. The zero-order chi connectivity index (χ0) is 20.8. The van der Waals surface area contributed by atoms with E-state index in [1.807, 2.05) is 23.1 Å². The average molecular weight is 431 g/mol. The highest BCUT2D eigenvalue weighted by Crippen LogP contribution is 2.23. The Morgan fingerprint density at radius 2 is 2.07 bits per heavy atom. The maximum atomic E-state index is 12.6. The Balaban J connectivity index is 1.17. The fraction of sp³-hybridized carbons (Fsp3) is 0.524. The highest BCUT2D eigenvalue weighted by Gasteiger charge is 2.24. The van der Waals surface area contributed by atoms with Crippen molar-refractivity contribution >= 4 is 27.5 Å². The number of amides is 1. The van der Waals surface area contributed by atoms with Crippen LogP contribution in [0.2, 0.25) is 0 Å². The van der Waals surface area contributed by atoms with Crippen molar-refractivity contribution in [2.24, 2.45) is 0 Å². The van der Waals surface area contributed by atoms with Gasteiger partial charge in [-0.1, -0.05) is 17.3 Å². The number of piperidine rings is 1. The van der Waals surface area contributed by atoms with Gasteiger partial charge in [-0.05, 0) is 25.0 Å². The minimum Gasteiger partial charge on any atom is -0.384 e. The van der Waals surface area contributed by atoms with Crippen LogP contribution in [0.4, 0.5) is 0 Å². The maximum Gasteiger partial charge on any atom is 0.252 e. The molecule has 30 heavy (non-hydrogen) atoms. The minimum atomic E-state index is 0.104. The molecule has 1 aromatic carbocycles. The van der Waals surface area contributed by atoms with Gasteiger partial charge in [0.05, 0.1) is 27.9 Å². The van der Waals surface area contributed by atoms with Crippen molar-refractivity contribution in [3.63, 3.8) is 0 Å². The molecule has 160 valence electrons. The van der Waals surface area contributed by atoms with Crippen LogP contribution in [0.15, 0.2) is 28.8 Å². The van der Waals surface area contributed by atoms with Crippen molar-refractivity contribution in [3.8, 4) is 0 Å². The molecule has 0 radical (unpaired) electrons. The predicted octanol–water partition coefficient (Wildman–Crippen LogP) is 3.01. The number of fused-ring (bicyclic) bond motifs is 1. The first kappa shape index (κ1) is 20.9. The van der Waals surface area contributed by atoms with Crippen LogP contribution >= 0.6 is 11.3 Å². The lowest BCUT2D eigenvalue weighted by molar-refractivity contribution is -0.134. The SMILES string of the molecule is COCCc1noc(COC2CCN(C(=O)CCc3nc4ccccc4s3)CC2)n1. The van der Waals surface area contributed by atoms with E-state index in [0.29, 0.717) is 57.3 Å². The van der Waals surface area contributed by atoms with E-state index >= 15 is 0 Å². The van der Waals surface area contributed by atoms with Crippen LogP contribution in [0.1, 0.15) is 36.0 Å². The molecule has 3 heterocycles. The second-order valence-corrected chi connectivity index (χ2v) is 8.43. The summed E-state index contributed by atoms with van der Waals surface area (Å²) in [6, 6.07) is 8.08. The van der Waals surface area contributed by atoms with Gasteiger partial charge in [0.25, 0.3) is 5.89 Å². The van der Waals surface area contributed by atoms with E-state index in [4.69, 9.17) is 14.0 Å². The van der Waals surface area contributed by atoms with E-state index in [1.54, 1.807) is 18.4 Å². The number of aromatic nitrogens is 3. The molecule has 0 bridgehead atoms.